The minimum Gasteiger partial charge on any atom is -0.482 e. The molecule has 6 heteroatoms. The van der Waals surface area contributed by atoms with Crippen LogP contribution in [0.2, 0.25) is 0 Å². The standard InChI is InChI=1S/C17H14N2O4/c1-22-17(21)13-7-3-4-8-14(13)19-16(20)11-23-15-9-5-2-6-12(15)10-18/h2-9H,11H2,1H3,(H,19,20). The van der Waals surface area contributed by atoms with Crippen LogP contribution in [0.5, 0.6) is 5.75 Å². The molecule has 0 atom stereocenters. The van der Waals surface area contributed by atoms with Crippen LogP contribution in [0.15, 0.2) is 48.5 Å². The van der Waals surface area contributed by atoms with E-state index < -0.39 is 11.9 Å². The number of carbonyl (C=O) groups excluding carboxylic acids is 2. The lowest BCUT2D eigenvalue weighted by Gasteiger charge is -2.11. The number of carbonyl (C=O) groups is 2. The lowest BCUT2D eigenvalue weighted by atomic mass is 10.2. The third kappa shape index (κ3) is 4.08. The molecule has 23 heavy (non-hydrogen) atoms. The fourth-order valence-corrected chi connectivity index (χ4v) is 1.89. The van der Waals surface area contributed by atoms with E-state index in [4.69, 9.17) is 10.00 Å². The van der Waals surface area contributed by atoms with E-state index in [9.17, 15) is 9.59 Å². The van der Waals surface area contributed by atoms with E-state index in [0.29, 0.717) is 17.0 Å². The summed E-state index contributed by atoms with van der Waals surface area (Å²) in [5.41, 5.74) is 0.928. The first-order valence-corrected chi connectivity index (χ1v) is 6.75. The molecule has 0 aliphatic heterocycles. The number of methoxy groups -OCH3 is 1. The van der Waals surface area contributed by atoms with Crippen LogP contribution in [0.3, 0.4) is 0 Å². The summed E-state index contributed by atoms with van der Waals surface area (Å²) < 4.78 is 10.00. The van der Waals surface area contributed by atoms with Crippen molar-refractivity contribution in [3.63, 3.8) is 0 Å². The molecule has 116 valence electrons. The van der Waals surface area contributed by atoms with Gasteiger partial charge in [-0.15, -0.1) is 0 Å². The van der Waals surface area contributed by atoms with Gasteiger partial charge in [0.25, 0.3) is 5.91 Å². The van der Waals surface area contributed by atoms with Crippen molar-refractivity contribution in [2.45, 2.75) is 0 Å². The van der Waals surface area contributed by atoms with Crippen molar-refractivity contribution in [1.29, 1.82) is 5.26 Å². The highest BCUT2D eigenvalue weighted by Crippen LogP contribution is 2.18. The van der Waals surface area contributed by atoms with Crippen LogP contribution in [0.1, 0.15) is 15.9 Å². The fourth-order valence-electron chi connectivity index (χ4n) is 1.89. The molecule has 2 aromatic carbocycles. The summed E-state index contributed by atoms with van der Waals surface area (Å²) in [5.74, 6) is -0.669. The van der Waals surface area contributed by atoms with Crippen LogP contribution in [0, 0.1) is 11.3 Å². The maximum Gasteiger partial charge on any atom is 0.339 e. The van der Waals surface area contributed by atoms with E-state index in [1.807, 2.05) is 6.07 Å². The predicted molar refractivity (Wildman–Crippen MR) is 83.1 cm³/mol. The molecule has 0 saturated carbocycles. The van der Waals surface area contributed by atoms with E-state index in [-0.39, 0.29) is 12.2 Å². The molecule has 0 aliphatic rings. The summed E-state index contributed by atoms with van der Waals surface area (Å²) in [6.45, 7) is -0.284. The molecule has 0 bridgehead atoms. The van der Waals surface area contributed by atoms with Crippen molar-refractivity contribution in [1.82, 2.24) is 0 Å². The summed E-state index contributed by atoms with van der Waals surface area (Å²) in [6, 6.07) is 15.1. The van der Waals surface area contributed by atoms with Gasteiger partial charge >= 0.3 is 5.97 Å². The van der Waals surface area contributed by atoms with Gasteiger partial charge in [0, 0.05) is 0 Å². The van der Waals surface area contributed by atoms with Crippen molar-refractivity contribution in [3.05, 3.63) is 59.7 Å². The highest BCUT2D eigenvalue weighted by molar-refractivity contribution is 6.01. The Kier molecular flexibility index (Phi) is 5.31. The summed E-state index contributed by atoms with van der Waals surface area (Å²) in [4.78, 5) is 23.6. The Labute approximate surface area is 133 Å². The van der Waals surface area contributed by atoms with Gasteiger partial charge in [-0.2, -0.15) is 5.26 Å². The molecule has 0 heterocycles. The van der Waals surface area contributed by atoms with Gasteiger partial charge in [-0.25, -0.2) is 4.79 Å². The number of nitrogens with one attached hydrogen (secondary N) is 1. The second kappa shape index (κ2) is 7.61. The number of nitriles is 1. The lowest BCUT2D eigenvalue weighted by Crippen LogP contribution is -2.22. The monoisotopic (exact) mass is 310 g/mol. The summed E-state index contributed by atoms with van der Waals surface area (Å²) >= 11 is 0. The maximum absolute atomic E-state index is 12.0. The van der Waals surface area contributed by atoms with Crippen LogP contribution in [-0.4, -0.2) is 25.6 Å². The Balaban J connectivity index is 2.04. The number of ether oxygens (including phenoxy) is 2. The number of para-hydroxylation sites is 2. The third-order valence-electron chi connectivity index (χ3n) is 2.97. The first kappa shape index (κ1) is 16.0. The minimum absolute atomic E-state index is 0.251. The largest absolute Gasteiger partial charge is 0.482 e. The summed E-state index contributed by atoms with van der Waals surface area (Å²) in [7, 11) is 1.27. The fraction of sp³-hybridized carbons (Fsp3) is 0.118. The minimum atomic E-state index is -0.545. The Hall–Kier alpha value is -3.33. The molecule has 2 rings (SSSR count). The topological polar surface area (TPSA) is 88.4 Å². The van der Waals surface area contributed by atoms with E-state index >= 15 is 0 Å². The second-order valence-electron chi connectivity index (χ2n) is 4.48. The number of nitrogens with zero attached hydrogens (tertiary/aromatic N) is 1. The second-order valence-corrected chi connectivity index (χ2v) is 4.48. The molecule has 0 aliphatic carbocycles. The molecule has 0 unspecified atom stereocenters. The molecular weight excluding hydrogens is 296 g/mol. The predicted octanol–water partition coefficient (Wildman–Crippen LogP) is 2.36. The van der Waals surface area contributed by atoms with Crippen LogP contribution in [0.25, 0.3) is 0 Å². The zero-order chi connectivity index (χ0) is 16.7. The number of benzene rings is 2. The average molecular weight is 310 g/mol. The number of anilines is 1. The van der Waals surface area contributed by atoms with E-state index in [1.165, 1.54) is 7.11 Å². The number of esters is 1. The lowest BCUT2D eigenvalue weighted by molar-refractivity contribution is -0.118. The highest BCUT2D eigenvalue weighted by Gasteiger charge is 2.13. The van der Waals surface area contributed by atoms with E-state index in [1.54, 1.807) is 48.5 Å². The molecule has 2 aromatic rings. The first-order chi connectivity index (χ1) is 11.2. The Morgan fingerprint density at radius 1 is 1.13 bits per heavy atom. The molecule has 6 nitrogen and oxygen atoms in total. The van der Waals surface area contributed by atoms with E-state index in [0.717, 1.165) is 0 Å². The van der Waals surface area contributed by atoms with E-state index in [2.05, 4.69) is 10.1 Å². The molecular formula is C17H14N2O4. The van der Waals surface area contributed by atoms with Gasteiger partial charge < -0.3 is 14.8 Å². The van der Waals surface area contributed by atoms with Crippen molar-refractivity contribution < 1.29 is 19.1 Å². The Bertz CT molecular complexity index is 765. The van der Waals surface area contributed by atoms with Gasteiger partial charge in [-0.05, 0) is 24.3 Å². The van der Waals surface area contributed by atoms with Gasteiger partial charge in [0.05, 0.1) is 23.9 Å². The van der Waals surface area contributed by atoms with Crippen molar-refractivity contribution >= 4 is 17.6 Å². The zero-order valence-electron chi connectivity index (χ0n) is 12.4. The number of hydrogen-bond donors (Lipinski definition) is 1. The summed E-state index contributed by atoms with van der Waals surface area (Å²) in [6.07, 6.45) is 0. The van der Waals surface area contributed by atoms with Crippen molar-refractivity contribution in [2.24, 2.45) is 0 Å². The van der Waals surface area contributed by atoms with Gasteiger partial charge in [-0.1, -0.05) is 24.3 Å². The van der Waals surface area contributed by atoms with Crippen LogP contribution in [0.4, 0.5) is 5.69 Å². The van der Waals surface area contributed by atoms with Gasteiger partial charge in [0.2, 0.25) is 0 Å². The molecule has 0 aromatic heterocycles. The Morgan fingerprint density at radius 2 is 1.83 bits per heavy atom. The number of amides is 1. The quantitative estimate of drug-likeness (QED) is 0.856. The molecule has 0 saturated heterocycles. The van der Waals surface area contributed by atoms with Crippen molar-refractivity contribution in [3.8, 4) is 11.8 Å². The Morgan fingerprint density at radius 3 is 2.57 bits per heavy atom. The third-order valence-corrected chi connectivity index (χ3v) is 2.97. The molecule has 1 amide bonds. The normalized spacial score (nSPS) is 9.57. The number of rotatable bonds is 5. The van der Waals surface area contributed by atoms with Gasteiger partial charge in [0.15, 0.2) is 6.61 Å². The molecule has 1 N–H and O–H groups in total. The molecule has 0 spiro atoms. The smallest absolute Gasteiger partial charge is 0.339 e. The van der Waals surface area contributed by atoms with Crippen LogP contribution in [-0.2, 0) is 9.53 Å². The van der Waals surface area contributed by atoms with Crippen LogP contribution < -0.4 is 10.1 Å². The van der Waals surface area contributed by atoms with Crippen molar-refractivity contribution in [2.75, 3.05) is 19.0 Å². The zero-order valence-corrected chi connectivity index (χ0v) is 12.4. The van der Waals surface area contributed by atoms with Crippen LogP contribution >= 0.6 is 0 Å². The van der Waals surface area contributed by atoms with Gasteiger partial charge in [0.1, 0.15) is 11.8 Å². The highest BCUT2D eigenvalue weighted by atomic mass is 16.5. The SMILES string of the molecule is COC(=O)c1ccccc1NC(=O)COc1ccccc1C#N. The first-order valence-electron chi connectivity index (χ1n) is 6.75. The summed E-state index contributed by atoms with van der Waals surface area (Å²) in [5, 5.41) is 11.5. The molecule has 0 radical (unpaired) electrons. The molecule has 0 fully saturated rings. The maximum atomic E-state index is 12.0. The number of hydrogen-bond acceptors (Lipinski definition) is 5. The van der Waals surface area contributed by atoms with Gasteiger partial charge in [-0.3, -0.25) is 4.79 Å². The average Bonchev–Trinajstić information content (AvgIpc) is 2.60.